The largest absolute Gasteiger partial charge is 0.394 e. The summed E-state index contributed by atoms with van der Waals surface area (Å²) in [5, 5.41) is 66.9. The van der Waals surface area contributed by atoms with E-state index in [9.17, 15) is 25.5 Å². The second kappa shape index (κ2) is 7.48. The number of nitrogens with zero attached hydrogens (tertiary/aromatic N) is 1. The Kier molecular flexibility index (Phi) is 5.85. The molecule has 0 aromatic heterocycles. The van der Waals surface area contributed by atoms with Gasteiger partial charge in [0, 0.05) is 6.08 Å². The van der Waals surface area contributed by atoms with Gasteiger partial charge in [0.2, 0.25) is 0 Å². The smallest absolute Gasteiger partial charge is 0.187 e. The van der Waals surface area contributed by atoms with Crippen LogP contribution >= 0.6 is 0 Å². The van der Waals surface area contributed by atoms with E-state index in [1.54, 1.807) is 6.07 Å². The monoisotopic (exact) mass is 329 g/mol. The molecule has 9 nitrogen and oxygen atoms in total. The molecule has 1 aliphatic carbocycles. The molecule has 6 N–H and O–H groups in total. The van der Waals surface area contributed by atoms with Crippen LogP contribution in [0.5, 0.6) is 0 Å². The van der Waals surface area contributed by atoms with Crippen molar-refractivity contribution in [2.75, 3.05) is 6.61 Å². The maximum Gasteiger partial charge on any atom is 0.187 e. The Labute approximate surface area is 131 Å². The summed E-state index contributed by atoms with van der Waals surface area (Å²) in [6.07, 6.45) is -7.57. The summed E-state index contributed by atoms with van der Waals surface area (Å²) >= 11 is 0. The molecule has 1 aliphatic heterocycles. The van der Waals surface area contributed by atoms with E-state index >= 15 is 0 Å². The maximum atomic E-state index is 10.0. The van der Waals surface area contributed by atoms with Gasteiger partial charge in [0.15, 0.2) is 6.29 Å². The van der Waals surface area contributed by atoms with E-state index in [1.807, 2.05) is 0 Å². The van der Waals surface area contributed by atoms with Crippen molar-refractivity contribution in [3.05, 3.63) is 23.8 Å². The first-order valence-electron chi connectivity index (χ1n) is 7.00. The van der Waals surface area contributed by atoms with Crippen LogP contribution in [0.25, 0.3) is 0 Å². The molecule has 8 atom stereocenters. The fourth-order valence-electron chi connectivity index (χ4n) is 2.48. The van der Waals surface area contributed by atoms with Crippen LogP contribution in [0.2, 0.25) is 0 Å². The Balaban J connectivity index is 2.20. The molecule has 128 valence electrons. The summed E-state index contributed by atoms with van der Waals surface area (Å²) in [5.74, 6) is 0. The molecule has 9 heteroatoms. The van der Waals surface area contributed by atoms with Crippen LogP contribution in [0.15, 0.2) is 23.8 Å². The Morgan fingerprint density at radius 2 is 1.83 bits per heavy atom. The summed E-state index contributed by atoms with van der Waals surface area (Å²) in [6, 6.07) is 1.77. The van der Waals surface area contributed by atoms with Crippen LogP contribution in [0.3, 0.4) is 0 Å². The molecule has 0 saturated carbocycles. The number of rotatable bonds is 3. The molecule has 23 heavy (non-hydrogen) atoms. The van der Waals surface area contributed by atoms with E-state index in [4.69, 9.17) is 19.8 Å². The lowest BCUT2D eigenvalue weighted by Crippen LogP contribution is -2.60. The molecule has 0 unspecified atom stereocenters. The number of nitriles is 1. The molecule has 1 heterocycles. The Hall–Kier alpha value is -1.35. The Morgan fingerprint density at radius 1 is 1.13 bits per heavy atom. The highest BCUT2D eigenvalue weighted by Crippen LogP contribution is 2.28. The van der Waals surface area contributed by atoms with Crippen LogP contribution < -0.4 is 0 Å². The highest BCUT2D eigenvalue weighted by molar-refractivity contribution is 5.34. The van der Waals surface area contributed by atoms with Gasteiger partial charge >= 0.3 is 0 Å². The molecule has 1 fully saturated rings. The third-order valence-electron chi connectivity index (χ3n) is 3.83. The molecular formula is C14H19NO8. The van der Waals surface area contributed by atoms with Gasteiger partial charge in [0.05, 0.1) is 12.7 Å². The summed E-state index contributed by atoms with van der Waals surface area (Å²) in [6.45, 7) is -0.624. The van der Waals surface area contributed by atoms with E-state index in [2.05, 4.69) is 0 Å². The van der Waals surface area contributed by atoms with Crippen molar-refractivity contribution in [3.8, 4) is 6.07 Å². The second-order valence-corrected chi connectivity index (χ2v) is 5.37. The summed E-state index contributed by atoms with van der Waals surface area (Å²) in [5.41, 5.74) is 0.238. The molecule has 0 bridgehead atoms. The molecule has 1 saturated heterocycles. The summed E-state index contributed by atoms with van der Waals surface area (Å²) in [7, 11) is 0. The number of allylic oxidation sites excluding steroid dienone is 1. The molecule has 0 radical (unpaired) electrons. The molecule has 2 rings (SSSR count). The first-order valence-corrected chi connectivity index (χ1v) is 7.00. The van der Waals surface area contributed by atoms with Gasteiger partial charge < -0.3 is 40.1 Å². The van der Waals surface area contributed by atoms with Gasteiger partial charge in [0.25, 0.3) is 0 Å². The highest BCUT2D eigenvalue weighted by Gasteiger charge is 2.46. The lowest BCUT2D eigenvalue weighted by atomic mass is 9.93. The fourth-order valence-corrected chi connectivity index (χ4v) is 2.48. The van der Waals surface area contributed by atoms with E-state index in [0.29, 0.717) is 0 Å². The van der Waals surface area contributed by atoms with Crippen molar-refractivity contribution in [3.63, 3.8) is 0 Å². The van der Waals surface area contributed by atoms with Gasteiger partial charge in [0.1, 0.15) is 42.7 Å². The lowest BCUT2D eigenvalue weighted by molar-refractivity contribution is -0.314. The van der Waals surface area contributed by atoms with E-state index in [1.165, 1.54) is 12.2 Å². The normalized spacial score (nSPS) is 45.9. The highest BCUT2D eigenvalue weighted by atomic mass is 16.7. The van der Waals surface area contributed by atoms with Gasteiger partial charge in [-0.1, -0.05) is 12.2 Å². The topological polar surface area (TPSA) is 164 Å². The first-order chi connectivity index (χ1) is 10.9. The molecule has 2 aliphatic rings. The minimum absolute atomic E-state index is 0.238. The van der Waals surface area contributed by atoms with Crippen molar-refractivity contribution in [1.29, 1.82) is 5.26 Å². The number of hydrogen-bond acceptors (Lipinski definition) is 9. The zero-order chi connectivity index (χ0) is 17.1. The van der Waals surface area contributed by atoms with E-state index in [0.717, 1.165) is 6.08 Å². The maximum absolute atomic E-state index is 10.0. The number of aliphatic hydroxyl groups is 6. The average Bonchev–Trinajstić information content (AvgIpc) is 2.54. The SMILES string of the molecule is N#C/C=C1\C=C[C@@H](O)[C@H](O)[C@H]1O[C@H]1O[C@H](CO)[C@@H](O)[C@@H](O)[C@H]1O. The third-order valence-corrected chi connectivity index (χ3v) is 3.83. The van der Waals surface area contributed by atoms with Crippen LogP contribution in [0, 0.1) is 11.3 Å². The van der Waals surface area contributed by atoms with Crippen LogP contribution in [0.1, 0.15) is 0 Å². The second-order valence-electron chi connectivity index (χ2n) is 5.37. The van der Waals surface area contributed by atoms with Crippen molar-refractivity contribution in [2.45, 2.75) is 49.0 Å². The zero-order valence-corrected chi connectivity index (χ0v) is 12.0. The third kappa shape index (κ3) is 3.60. The Bertz CT molecular complexity index is 513. The first kappa shape index (κ1) is 18.0. The van der Waals surface area contributed by atoms with Crippen molar-refractivity contribution < 1.29 is 40.1 Å². The summed E-state index contributed by atoms with van der Waals surface area (Å²) in [4.78, 5) is 0. The minimum atomic E-state index is -1.65. The van der Waals surface area contributed by atoms with E-state index in [-0.39, 0.29) is 5.57 Å². The van der Waals surface area contributed by atoms with E-state index < -0.39 is 55.6 Å². The number of hydrogen-bond donors (Lipinski definition) is 6. The molecule has 0 spiro atoms. The van der Waals surface area contributed by atoms with Gasteiger partial charge in [-0.3, -0.25) is 0 Å². The average molecular weight is 329 g/mol. The number of ether oxygens (including phenoxy) is 2. The summed E-state index contributed by atoms with van der Waals surface area (Å²) < 4.78 is 10.6. The van der Waals surface area contributed by atoms with Gasteiger partial charge in [-0.15, -0.1) is 0 Å². The predicted octanol–water partition coefficient (Wildman–Crippen LogP) is -3.09. The molecule has 0 aromatic carbocycles. The molecule has 0 amide bonds. The Morgan fingerprint density at radius 3 is 2.43 bits per heavy atom. The minimum Gasteiger partial charge on any atom is -0.394 e. The van der Waals surface area contributed by atoms with Gasteiger partial charge in [-0.05, 0) is 5.57 Å². The van der Waals surface area contributed by atoms with Crippen LogP contribution in [-0.2, 0) is 9.47 Å². The standard InChI is InChI=1S/C14H19NO8/c15-4-3-6-1-2-7(17)9(18)13(6)23-14-12(21)11(20)10(19)8(5-16)22-14/h1-3,7-14,16-21H,5H2/b6-3+/t7-,8-,9+,10-,11-,12-,13+,14-/m1/s1. The predicted molar refractivity (Wildman–Crippen MR) is 73.5 cm³/mol. The quantitative estimate of drug-likeness (QED) is 0.294. The molecule has 0 aromatic rings. The molecular weight excluding hydrogens is 310 g/mol. The van der Waals surface area contributed by atoms with Crippen molar-refractivity contribution in [1.82, 2.24) is 0 Å². The fraction of sp³-hybridized carbons (Fsp3) is 0.643. The van der Waals surface area contributed by atoms with Crippen LogP contribution in [-0.4, -0.2) is 86.3 Å². The number of aliphatic hydroxyl groups excluding tert-OH is 6. The zero-order valence-electron chi connectivity index (χ0n) is 12.0. The van der Waals surface area contributed by atoms with Crippen molar-refractivity contribution >= 4 is 0 Å². The van der Waals surface area contributed by atoms with Crippen LogP contribution in [0.4, 0.5) is 0 Å². The van der Waals surface area contributed by atoms with Gasteiger partial charge in [-0.25, -0.2) is 0 Å². The van der Waals surface area contributed by atoms with Gasteiger partial charge in [-0.2, -0.15) is 5.26 Å². The lowest BCUT2D eigenvalue weighted by Gasteiger charge is -2.42. The van der Waals surface area contributed by atoms with Crippen molar-refractivity contribution in [2.24, 2.45) is 0 Å².